The molecule has 0 fully saturated rings. The van der Waals surface area contributed by atoms with Crippen LogP contribution in [0.1, 0.15) is 61.3 Å². The van der Waals surface area contributed by atoms with Gasteiger partial charge in [-0.2, -0.15) is 0 Å². The van der Waals surface area contributed by atoms with E-state index in [0.717, 1.165) is 0 Å². The van der Waals surface area contributed by atoms with Gasteiger partial charge in [-0.3, -0.25) is 0 Å². The average molecular weight is 361 g/mol. The molecule has 0 bridgehead atoms. The summed E-state index contributed by atoms with van der Waals surface area (Å²) in [5, 5.41) is 3.37. The van der Waals surface area contributed by atoms with Crippen LogP contribution in [0.15, 0.2) is 59.3 Å². The molecule has 0 saturated carbocycles. The SMILES string of the molecule is CCCCCC1=C(c2ccccc2)C=C([SiH2]c2c(C)cc(C)cc2C)C1. The van der Waals surface area contributed by atoms with Crippen molar-refractivity contribution in [1.82, 2.24) is 0 Å². The van der Waals surface area contributed by atoms with Crippen LogP contribution in [-0.4, -0.2) is 9.52 Å². The van der Waals surface area contributed by atoms with Crippen LogP contribution >= 0.6 is 0 Å². The minimum atomic E-state index is -0.386. The van der Waals surface area contributed by atoms with Gasteiger partial charge >= 0.3 is 0 Å². The molecule has 0 nitrogen and oxygen atoms in total. The Morgan fingerprint density at radius 2 is 1.62 bits per heavy atom. The summed E-state index contributed by atoms with van der Waals surface area (Å²) in [5.41, 5.74) is 8.98. The van der Waals surface area contributed by atoms with Gasteiger partial charge in [0.2, 0.25) is 0 Å². The van der Waals surface area contributed by atoms with Crippen molar-refractivity contribution in [2.75, 3.05) is 0 Å². The summed E-state index contributed by atoms with van der Waals surface area (Å²) >= 11 is 0. The lowest BCUT2D eigenvalue weighted by Crippen LogP contribution is -2.23. The van der Waals surface area contributed by atoms with Gasteiger partial charge in [0.05, 0.1) is 9.52 Å². The second-order valence-corrected chi connectivity index (χ2v) is 9.84. The van der Waals surface area contributed by atoms with Crippen molar-refractivity contribution < 1.29 is 0 Å². The van der Waals surface area contributed by atoms with E-state index in [1.165, 1.54) is 59.9 Å². The molecule has 0 aliphatic heterocycles. The largest absolute Gasteiger partial charge is 0.0835 e. The first-order chi connectivity index (χ1) is 12.6. The zero-order chi connectivity index (χ0) is 18.5. The molecule has 2 aromatic rings. The zero-order valence-electron chi connectivity index (χ0n) is 16.9. The summed E-state index contributed by atoms with van der Waals surface area (Å²) in [4.78, 5) is 0. The van der Waals surface area contributed by atoms with Gasteiger partial charge in [0, 0.05) is 0 Å². The van der Waals surface area contributed by atoms with Gasteiger partial charge in [0.1, 0.15) is 0 Å². The third kappa shape index (κ3) is 4.45. The maximum Gasteiger partial charge on any atom is 0.0835 e. The molecule has 0 heterocycles. The van der Waals surface area contributed by atoms with Crippen molar-refractivity contribution in [3.05, 3.63) is 81.6 Å². The number of unbranched alkanes of at least 4 members (excludes halogenated alkanes) is 2. The van der Waals surface area contributed by atoms with Crippen molar-refractivity contribution in [3.8, 4) is 0 Å². The molecule has 1 aliphatic carbocycles. The number of benzene rings is 2. The first-order valence-electron chi connectivity index (χ1n) is 10.1. The Morgan fingerprint density at radius 1 is 0.923 bits per heavy atom. The minimum absolute atomic E-state index is 0.386. The molecule has 0 radical (unpaired) electrons. The standard InChI is InChI=1S/C25H32Si/c1-5-6-8-13-22-16-23(17-24(22)21-11-9-7-10-12-21)26-25-19(3)14-18(2)15-20(25)4/h7,9-12,14-15,17H,5-6,8,13,16,26H2,1-4H3. The molecule has 0 amide bonds. The van der Waals surface area contributed by atoms with Gasteiger partial charge in [0.25, 0.3) is 0 Å². The van der Waals surface area contributed by atoms with Crippen molar-refractivity contribution in [2.45, 2.75) is 59.8 Å². The van der Waals surface area contributed by atoms with Gasteiger partial charge in [-0.25, -0.2) is 0 Å². The average Bonchev–Trinajstić information content (AvgIpc) is 3.02. The van der Waals surface area contributed by atoms with Gasteiger partial charge in [0.15, 0.2) is 0 Å². The maximum absolute atomic E-state index is 2.54. The van der Waals surface area contributed by atoms with E-state index in [-0.39, 0.29) is 9.52 Å². The van der Waals surface area contributed by atoms with Crippen LogP contribution in [0.5, 0.6) is 0 Å². The van der Waals surface area contributed by atoms with Crippen LogP contribution in [0.3, 0.4) is 0 Å². The van der Waals surface area contributed by atoms with Gasteiger partial charge in [-0.05, 0) is 51.2 Å². The second kappa shape index (κ2) is 8.68. The van der Waals surface area contributed by atoms with Crippen LogP contribution < -0.4 is 5.19 Å². The quantitative estimate of drug-likeness (QED) is 0.437. The minimum Gasteiger partial charge on any atom is -0.0780 e. The van der Waals surface area contributed by atoms with E-state index in [1.807, 2.05) is 0 Å². The van der Waals surface area contributed by atoms with Crippen LogP contribution in [0, 0.1) is 20.8 Å². The molecule has 0 unspecified atom stereocenters. The molecule has 1 aliphatic rings. The fraction of sp³-hybridized carbons (Fsp3) is 0.360. The molecular formula is C25H32Si. The lowest BCUT2D eigenvalue weighted by molar-refractivity contribution is 0.709. The zero-order valence-corrected chi connectivity index (χ0v) is 18.3. The van der Waals surface area contributed by atoms with E-state index >= 15 is 0 Å². The van der Waals surface area contributed by atoms with E-state index < -0.39 is 0 Å². The molecular weight excluding hydrogens is 328 g/mol. The third-order valence-electron chi connectivity index (χ3n) is 5.58. The van der Waals surface area contributed by atoms with Gasteiger partial charge in [-0.15, -0.1) is 0 Å². The number of allylic oxidation sites excluding steroid dienone is 4. The highest BCUT2D eigenvalue weighted by atomic mass is 28.2. The molecule has 0 spiro atoms. The van der Waals surface area contributed by atoms with Gasteiger partial charge < -0.3 is 0 Å². The Hall–Kier alpha value is -1.86. The summed E-state index contributed by atoms with van der Waals surface area (Å²) in [6.45, 7) is 9.10. The van der Waals surface area contributed by atoms with Gasteiger partial charge in [-0.1, -0.05) is 101 Å². The number of rotatable bonds is 7. The van der Waals surface area contributed by atoms with Crippen LogP contribution in [0.25, 0.3) is 5.57 Å². The van der Waals surface area contributed by atoms with E-state index in [9.17, 15) is 0 Å². The van der Waals surface area contributed by atoms with Crippen molar-refractivity contribution in [3.63, 3.8) is 0 Å². The van der Waals surface area contributed by atoms with Crippen LogP contribution in [0.4, 0.5) is 0 Å². The highest BCUT2D eigenvalue weighted by Gasteiger charge is 2.18. The first-order valence-corrected chi connectivity index (χ1v) is 11.5. The number of aryl methyl sites for hydroxylation is 3. The van der Waals surface area contributed by atoms with Crippen molar-refractivity contribution in [1.29, 1.82) is 0 Å². The predicted octanol–water partition coefficient (Wildman–Crippen LogP) is 5.73. The van der Waals surface area contributed by atoms with E-state index in [4.69, 9.17) is 0 Å². The third-order valence-corrected chi connectivity index (χ3v) is 7.96. The fourth-order valence-electron chi connectivity index (χ4n) is 4.27. The second-order valence-electron chi connectivity index (χ2n) is 7.87. The molecule has 2 aromatic carbocycles. The summed E-state index contributed by atoms with van der Waals surface area (Å²) < 4.78 is 0. The van der Waals surface area contributed by atoms with E-state index in [2.05, 4.69) is 76.2 Å². The molecule has 0 aromatic heterocycles. The fourth-order valence-corrected chi connectivity index (χ4v) is 6.22. The normalized spacial score (nSPS) is 14.5. The monoisotopic (exact) mass is 360 g/mol. The Morgan fingerprint density at radius 3 is 2.27 bits per heavy atom. The Labute approximate surface area is 161 Å². The van der Waals surface area contributed by atoms with Crippen LogP contribution in [0.2, 0.25) is 0 Å². The van der Waals surface area contributed by atoms with Crippen molar-refractivity contribution >= 4 is 20.3 Å². The lowest BCUT2D eigenvalue weighted by atomic mass is 9.98. The van der Waals surface area contributed by atoms with E-state index in [0.29, 0.717) is 0 Å². The molecule has 0 saturated heterocycles. The van der Waals surface area contributed by atoms with Crippen molar-refractivity contribution in [2.24, 2.45) is 0 Å². The summed E-state index contributed by atoms with van der Waals surface area (Å²) in [5.74, 6) is 0. The Bertz CT molecular complexity index is 801. The molecule has 1 heteroatoms. The van der Waals surface area contributed by atoms with Crippen LogP contribution in [-0.2, 0) is 0 Å². The maximum atomic E-state index is 2.54. The summed E-state index contributed by atoms with van der Waals surface area (Å²) in [7, 11) is -0.386. The summed E-state index contributed by atoms with van der Waals surface area (Å²) in [6, 6.07) is 15.7. The smallest absolute Gasteiger partial charge is 0.0780 e. The number of hydrogen-bond donors (Lipinski definition) is 0. The summed E-state index contributed by atoms with van der Waals surface area (Å²) in [6.07, 6.45) is 8.99. The highest BCUT2D eigenvalue weighted by molar-refractivity contribution is 6.62. The lowest BCUT2D eigenvalue weighted by Gasteiger charge is -2.12. The predicted molar refractivity (Wildman–Crippen MR) is 119 cm³/mol. The Kier molecular flexibility index (Phi) is 6.32. The molecule has 0 atom stereocenters. The molecule has 3 rings (SSSR count). The molecule has 136 valence electrons. The highest BCUT2D eigenvalue weighted by Crippen LogP contribution is 2.35. The Balaban J connectivity index is 1.85. The topological polar surface area (TPSA) is 0 Å². The number of hydrogen-bond acceptors (Lipinski definition) is 0. The molecule has 26 heavy (non-hydrogen) atoms. The first kappa shape index (κ1) is 18.9. The molecule has 0 N–H and O–H groups in total. The van der Waals surface area contributed by atoms with E-state index in [1.54, 1.807) is 16.0 Å².